The average molecular weight is 254 g/mol. The largest absolute Gasteiger partial charge is 0.355 e. The van der Waals surface area contributed by atoms with Crippen molar-refractivity contribution < 1.29 is 9.72 Å². The third kappa shape index (κ3) is 4.44. The van der Waals surface area contributed by atoms with E-state index in [0.717, 1.165) is 5.56 Å². The smallest absolute Gasteiger partial charge is 0.269 e. The Morgan fingerprint density at radius 1 is 1.47 bits per heavy atom. The van der Waals surface area contributed by atoms with Crippen LogP contribution in [0.25, 0.3) is 0 Å². The summed E-state index contributed by atoms with van der Waals surface area (Å²) in [7, 11) is 0. The Labute approximate surface area is 105 Å². The fourth-order valence-electron chi connectivity index (χ4n) is 1.26. The highest BCUT2D eigenvalue weighted by Crippen LogP contribution is 2.11. The van der Waals surface area contributed by atoms with E-state index < -0.39 is 4.92 Å². The number of amides is 1. The van der Waals surface area contributed by atoms with Crippen LogP contribution in [0.5, 0.6) is 0 Å². The second-order valence-electron chi connectivity index (χ2n) is 3.64. The molecule has 1 unspecified atom stereocenters. The highest BCUT2D eigenvalue weighted by atomic mass is 32.1. The molecule has 0 spiro atoms. The van der Waals surface area contributed by atoms with Crippen LogP contribution in [-0.4, -0.2) is 22.6 Å². The molecule has 0 radical (unpaired) electrons. The Kier molecular flexibility index (Phi) is 4.96. The molecular weight excluding hydrogens is 240 g/mol. The summed E-state index contributed by atoms with van der Waals surface area (Å²) in [4.78, 5) is 21.2. The van der Waals surface area contributed by atoms with Gasteiger partial charge in [0.05, 0.1) is 10.2 Å². The van der Waals surface area contributed by atoms with E-state index in [1.54, 1.807) is 19.1 Å². The lowest BCUT2D eigenvalue weighted by atomic mass is 10.1. The maximum absolute atomic E-state index is 11.2. The van der Waals surface area contributed by atoms with Gasteiger partial charge in [0, 0.05) is 18.7 Å². The molecule has 1 amide bonds. The number of benzene rings is 1. The molecule has 1 N–H and O–H groups in total. The van der Waals surface area contributed by atoms with E-state index in [0.29, 0.717) is 13.0 Å². The molecule has 1 aromatic carbocycles. The van der Waals surface area contributed by atoms with Gasteiger partial charge in [-0.3, -0.25) is 14.9 Å². The Bertz CT molecular complexity index is 404. The van der Waals surface area contributed by atoms with Crippen molar-refractivity contribution in [2.24, 2.45) is 0 Å². The highest BCUT2D eigenvalue weighted by molar-refractivity contribution is 7.81. The maximum atomic E-state index is 11.2. The first-order valence-electron chi connectivity index (χ1n) is 5.20. The number of non-ortho nitro benzene ring substituents is 1. The average Bonchev–Trinajstić information content (AvgIpc) is 2.29. The lowest BCUT2D eigenvalue weighted by Gasteiger charge is -2.06. The van der Waals surface area contributed by atoms with Gasteiger partial charge in [-0.15, -0.1) is 0 Å². The molecule has 0 aromatic heterocycles. The van der Waals surface area contributed by atoms with Crippen molar-refractivity contribution in [3.8, 4) is 0 Å². The number of hydrogen-bond acceptors (Lipinski definition) is 4. The van der Waals surface area contributed by atoms with Gasteiger partial charge >= 0.3 is 0 Å². The third-order valence-corrected chi connectivity index (χ3v) is 2.47. The first kappa shape index (κ1) is 13.5. The quantitative estimate of drug-likeness (QED) is 0.476. The zero-order valence-corrected chi connectivity index (χ0v) is 10.3. The SMILES string of the molecule is CC(S)C(=O)NCCc1ccc([N+](=O)[O-])cc1. The van der Waals surface area contributed by atoms with E-state index >= 15 is 0 Å². The second kappa shape index (κ2) is 6.24. The molecular formula is C11H14N2O3S. The minimum atomic E-state index is -0.436. The van der Waals surface area contributed by atoms with Crippen molar-refractivity contribution in [1.82, 2.24) is 5.32 Å². The normalized spacial score (nSPS) is 11.9. The predicted molar refractivity (Wildman–Crippen MR) is 68.3 cm³/mol. The van der Waals surface area contributed by atoms with Crippen molar-refractivity contribution in [3.05, 3.63) is 39.9 Å². The molecule has 0 bridgehead atoms. The number of nitrogens with one attached hydrogen (secondary N) is 1. The van der Waals surface area contributed by atoms with Crippen LogP contribution >= 0.6 is 12.6 Å². The third-order valence-electron chi connectivity index (χ3n) is 2.24. The van der Waals surface area contributed by atoms with E-state index in [1.165, 1.54) is 12.1 Å². The van der Waals surface area contributed by atoms with Gasteiger partial charge in [0.15, 0.2) is 0 Å². The van der Waals surface area contributed by atoms with E-state index in [4.69, 9.17) is 0 Å². The molecule has 0 aliphatic heterocycles. The van der Waals surface area contributed by atoms with Gasteiger partial charge in [0.2, 0.25) is 5.91 Å². The van der Waals surface area contributed by atoms with Gasteiger partial charge in [-0.1, -0.05) is 12.1 Å². The summed E-state index contributed by atoms with van der Waals surface area (Å²) in [6.45, 7) is 2.20. The second-order valence-corrected chi connectivity index (χ2v) is 4.42. The van der Waals surface area contributed by atoms with Gasteiger partial charge in [0.1, 0.15) is 0 Å². The van der Waals surface area contributed by atoms with Crippen LogP contribution in [0.15, 0.2) is 24.3 Å². The van der Waals surface area contributed by atoms with Crippen molar-refractivity contribution in [2.75, 3.05) is 6.54 Å². The van der Waals surface area contributed by atoms with Crippen LogP contribution in [0.2, 0.25) is 0 Å². The molecule has 0 heterocycles. The van der Waals surface area contributed by atoms with E-state index in [9.17, 15) is 14.9 Å². The predicted octanol–water partition coefficient (Wildman–Crippen LogP) is 1.57. The summed E-state index contributed by atoms with van der Waals surface area (Å²) in [5.74, 6) is -0.116. The summed E-state index contributed by atoms with van der Waals surface area (Å²) < 4.78 is 0. The lowest BCUT2D eigenvalue weighted by Crippen LogP contribution is -2.31. The van der Waals surface area contributed by atoms with Gasteiger partial charge < -0.3 is 5.32 Å². The van der Waals surface area contributed by atoms with Gasteiger partial charge in [-0.25, -0.2) is 0 Å². The number of nitrogens with zero attached hydrogens (tertiary/aromatic N) is 1. The Balaban J connectivity index is 2.42. The van der Waals surface area contributed by atoms with E-state index in [1.807, 2.05) is 0 Å². The number of rotatable bonds is 5. The fourth-order valence-corrected chi connectivity index (χ4v) is 1.35. The number of thiol groups is 1. The maximum Gasteiger partial charge on any atom is 0.269 e. The summed E-state index contributed by atoms with van der Waals surface area (Å²) in [5, 5.41) is 12.8. The number of carbonyl (C=O) groups is 1. The molecule has 1 rings (SSSR count). The standard InChI is InChI=1S/C11H14N2O3S/c1-8(17)11(14)12-7-6-9-2-4-10(5-3-9)13(15)16/h2-5,8,17H,6-7H2,1H3,(H,12,14). The van der Waals surface area contributed by atoms with Crippen LogP contribution in [0.4, 0.5) is 5.69 Å². The van der Waals surface area contributed by atoms with Crippen LogP contribution < -0.4 is 5.32 Å². The molecule has 0 aliphatic carbocycles. The zero-order chi connectivity index (χ0) is 12.8. The molecule has 0 saturated heterocycles. The Morgan fingerprint density at radius 2 is 2.06 bits per heavy atom. The summed E-state index contributed by atoms with van der Waals surface area (Å²) in [6.07, 6.45) is 0.643. The van der Waals surface area contributed by atoms with Crippen LogP contribution in [0, 0.1) is 10.1 Å². The van der Waals surface area contributed by atoms with Gasteiger partial charge in [-0.05, 0) is 18.9 Å². The Hall–Kier alpha value is -1.56. The van der Waals surface area contributed by atoms with Crippen molar-refractivity contribution in [2.45, 2.75) is 18.6 Å². The molecule has 1 aromatic rings. The summed E-state index contributed by atoms with van der Waals surface area (Å²) in [5.41, 5.74) is 1.02. The Morgan fingerprint density at radius 3 is 2.53 bits per heavy atom. The molecule has 1 atom stereocenters. The molecule has 0 aliphatic rings. The first-order chi connectivity index (χ1) is 8.00. The van der Waals surface area contributed by atoms with Crippen molar-refractivity contribution in [3.63, 3.8) is 0 Å². The number of hydrogen-bond donors (Lipinski definition) is 2. The molecule has 6 heteroatoms. The minimum Gasteiger partial charge on any atom is -0.355 e. The molecule has 0 saturated carbocycles. The van der Waals surface area contributed by atoms with Crippen molar-refractivity contribution >= 4 is 24.2 Å². The van der Waals surface area contributed by atoms with Gasteiger partial charge in [-0.2, -0.15) is 12.6 Å². The van der Waals surface area contributed by atoms with E-state index in [-0.39, 0.29) is 16.8 Å². The molecule has 5 nitrogen and oxygen atoms in total. The van der Waals surface area contributed by atoms with E-state index in [2.05, 4.69) is 17.9 Å². The monoisotopic (exact) mass is 254 g/mol. The fraction of sp³-hybridized carbons (Fsp3) is 0.364. The topological polar surface area (TPSA) is 72.2 Å². The molecule has 17 heavy (non-hydrogen) atoms. The lowest BCUT2D eigenvalue weighted by molar-refractivity contribution is -0.384. The van der Waals surface area contributed by atoms with Gasteiger partial charge in [0.25, 0.3) is 5.69 Å². The van der Waals surface area contributed by atoms with Crippen LogP contribution in [-0.2, 0) is 11.2 Å². The highest BCUT2D eigenvalue weighted by Gasteiger charge is 2.07. The summed E-state index contributed by atoms with van der Waals surface area (Å²) in [6, 6.07) is 6.29. The zero-order valence-electron chi connectivity index (χ0n) is 9.42. The first-order valence-corrected chi connectivity index (χ1v) is 5.71. The number of nitro groups is 1. The van der Waals surface area contributed by atoms with Crippen LogP contribution in [0.1, 0.15) is 12.5 Å². The molecule has 0 fully saturated rings. The molecule has 92 valence electrons. The summed E-state index contributed by atoms with van der Waals surface area (Å²) >= 11 is 4.00. The van der Waals surface area contributed by atoms with Crippen LogP contribution in [0.3, 0.4) is 0 Å². The number of carbonyl (C=O) groups excluding carboxylic acids is 1. The minimum absolute atomic E-state index is 0.0711. The van der Waals surface area contributed by atoms with Crippen molar-refractivity contribution in [1.29, 1.82) is 0 Å². The number of nitro benzene ring substituents is 1.